The van der Waals surface area contributed by atoms with Crippen molar-refractivity contribution in [3.8, 4) is 5.75 Å². The molecule has 0 radical (unpaired) electrons. The SMILES string of the molecule is Cc1cc(F)ccc1C(O)CN[C@H](CO)Cc1ccc(O)cc1. The second kappa shape index (κ2) is 8.06. The fourth-order valence-corrected chi connectivity index (χ4v) is 2.52. The first-order valence-corrected chi connectivity index (χ1v) is 7.56. The van der Waals surface area contributed by atoms with Gasteiger partial charge in [-0.25, -0.2) is 4.39 Å². The Morgan fingerprint density at radius 1 is 1.13 bits per heavy atom. The van der Waals surface area contributed by atoms with Crippen LogP contribution in [-0.2, 0) is 6.42 Å². The van der Waals surface area contributed by atoms with E-state index in [1.807, 2.05) is 0 Å². The summed E-state index contributed by atoms with van der Waals surface area (Å²) in [6.07, 6.45) is -0.198. The number of phenols is 1. The van der Waals surface area contributed by atoms with Crippen molar-refractivity contribution in [3.05, 3.63) is 65.0 Å². The molecule has 5 heteroatoms. The van der Waals surface area contributed by atoms with Gasteiger partial charge in [-0.1, -0.05) is 18.2 Å². The number of benzene rings is 2. The summed E-state index contributed by atoms with van der Waals surface area (Å²) in [5.41, 5.74) is 2.33. The van der Waals surface area contributed by atoms with E-state index in [2.05, 4.69) is 5.32 Å². The first-order valence-electron chi connectivity index (χ1n) is 7.56. The molecule has 2 aromatic rings. The van der Waals surface area contributed by atoms with Crippen LogP contribution in [0.1, 0.15) is 22.8 Å². The minimum absolute atomic E-state index is 0.0734. The topological polar surface area (TPSA) is 72.7 Å². The smallest absolute Gasteiger partial charge is 0.123 e. The van der Waals surface area contributed by atoms with Crippen LogP contribution in [0.25, 0.3) is 0 Å². The third-order valence-electron chi connectivity index (χ3n) is 3.83. The van der Waals surface area contributed by atoms with E-state index >= 15 is 0 Å². The minimum atomic E-state index is -0.774. The summed E-state index contributed by atoms with van der Waals surface area (Å²) in [6.45, 7) is 1.94. The summed E-state index contributed by atoms with van der Waals surface area (Å²) < 4.78 is 13.1. The number of nitrogens with one attached hydrogen (secondary N) is 1. The van der Waals surface area contributed by atoms with E-state index in [4.69, 9.17) is 0 Å². The molecule has 2 rings (SSSR count). The van der Waals surface area contributed by atoms with Crippen molar-refractivity contribution >= 4 is 0 Å². The number of hydrogen-bond donors (Lipinski definition) is 4. The van der Waals surface area contributed by atoms with Crippen LogP contribution in [0, 0.1) is 12.7 Å². The van der Waals surface area contributed by atoms with Crippen LogP contribution in [0.5, 0.6) is 5.75 Å². The fourth-order valence-electron chi connectivity index (χ4n) is 2.52. The summed E-state index contributed by atoms with van der Waals surface area (Å²) in [6, 6.07) is 10.9. The van der Waals surface area contributed by atoms with Crippen LogP contribution in [0.3, 0.4) is 0 Å². The molecule has 0 aliphatic heterocycles. The van der Waals surface area contributed by atoms with E-state index in [-0.39, 0.29) is 30.8 Å². The van der Waals surface area contributed by atoms with Crippen LogP contribution in [-0.4, -0.2) is 34.5 Å². The average Bonchev–Trinajstić information content (AvgIpc) is 2.53. The highest BCUT2D eigenvalue weighted by molar-refractivity contribution is 5.29. The zero-order valence-electron chi connectivity index (χ0n) is 13.0. The Kier molecular flexibility index (Phi) is 6.10. The average molecular weight is 319 g/mol. The predicted molar refractivity (Wildman–Crippen MR) is 86.8 cm³/mol. The highest BCUT2D eigenvalue weighted by Gasteiger charge is 2.14. The first-order chi connectivity index (χ1) is 11.0. The highest BCUT2D eigenvalue weighted by Crippen LogP contribution is 2.18. The Morgan fingerprint density at radius 3 is 2.43 bits per heavy atom. The molecule has 0 aromatic heterocycles. The standard InChI is InChI=1S/C18H22FNO3/c1-12-8-14(19)4-7-17(12)18(23)10-20-15(11-21)9-13-2-5-16(22)6-3-13/h2-8,15,18,20-23H,9-11H2,1H3/t15-,18?/m0/s1. The minimum Gasteiger partial charge on any atom is -0.508 e. The third-order valence-corrected chi connectivity index (χ3v) is 3.83. The van der Waals surface area contributed by atoms with E-state index in [0.29, 0.717) is 17.5 Å². The van der Waals surface area contributed by atoms with Gasteiger partial charge in [0.15, 0.2) is 0 Å². The second-order valence-electron chi connectivity index (χ2n) is 5.68. The van der Waals surface area contributed by atoms with Gasteiger partial charge in [0, 0.05) is 12.6 Å². The molecule has 0 spiro atoms. The van der Waals surface area contributed by atoms with Crippen molar-refractivity contribution in [1.29, 1.82) is 0 Å². The predicted octanol–water partition coefficient (Wildman–Crippen LogP) is 2.07. The zero-order valence-corrected chi connectivity index (χ0v) is 13.0. The van der Waals surface area contributed by atoms with Crippen LogP contribution in [0.2, 0.25) is 0 Å². The lowest BCUT2D eigenvalue weighted by Crippen LogP contribution is -2.37. The molecule has 0 saturated heterocycles. The maximum absolute atomic E-state index is 13.1. The van der Waals surface area contributed by atoms with Gasteiger partial charge in [0.2, 0.25) is 0 Å². The number of rotatable bonds is 7. The Bertz CT molecular complexity index is 631. The maximum Gasteiger partial charge on any atom is 0.123 e. The lowest BCUT2D eigenvalue weighted by molar-refractivity contribution is 0.158. The number of phenolic OH excluding ortho intramolecular Hbond substituents is 1. The van der Waals surface area contributed by atoms with E-state index in [0.717, 1.165) is 5.56 Å². The van der Waals surface area contributed by atoms with E-state index in [1.165, 1.54) is 12.1 Å². The Hall–Kier alpha value is -1.95. The molecule has 0 aliphatic carbocycles. The molecule has 2 aromatic carbocycles. The first kappa shape index (κ1) is 17.4. The Labute approximate surface area is 135 Å². The largest absolute Gasteiger partial charge is 0.508 e. The summed E-state index contributed by atoms with van der Waals surface area (Å²) >= 11 is 0. The monoisotopic (exact) mass is 319 g/mol. The van der Waals surface area contributed by atoms with Crippen molar-refractivity contribution in [2.24, 2.45) is 0 Å². The summed E-state index contributed by atoms with van der Waals surface area (Å²) in [5.74, 6) is -0.128. The molecule has 0 heterocycles. The number of halogens is 1. The van der Waals surface area contributed by atoms with Crippen molar-refractivity contribution in [2.45, 2.75) is 25.5 Å². The van der Waals surface area contributed by atoms with Crippen molar-refractivity contribution < 1.29 is 19.7 Å². The van der Waals surface area contributed by atoms with Crippen LogP contribution >= 0.6 is 0 Å². The van der Waals surface area contributed by atoms with Gasteiger partial charge >= 0.3 is 0 Å². The summed E-state index contributed by atoms with van der Waals surface area (Å²) in [5, 5.41) is 32.1. The lowest BCUT2D eigenvalue weighted by Gasteiger charge is -2.20. The lowest BCUT2D eigenvalue weighted by atomic mass is 10.0. The molecule has 0 bridgehead atoms. The number of aliphatic hydroxyl groups excluding tert-OH is 2. The molecular weight excluding hydrogens is 297 g/mol. The molecule has 23 heavy (non-hydrogen) atoms. The molecule has 1 unspecified atom stereocenters. The number of aryl methyl sites for hydroxylation is 1. The molecule has 124 valence electrons. The highest BCUT2D eigenvalue weighted by atomic mass is 19.1. The van der Waals surface area contributed by atoms with Crippen molar-refractivity contribution in [3.63, 3.8) is 0 Å². The van der Waals surface area contributed by atoms with Gasteiger partial charge in [0.25, 0.3) is 0 Å². The molecular formula is C18H22FNO3. The molecule has 2 atom stereocenters. The van der Waals surface area contributed by atoms with Gasteiger partial charge in [-0.05, 0) is 54.3 Å². The van der Waals surface area contributed by atoms with Crippen molar-refractivity contribution in [2.75, 3.05) is 13.2 Å². The van der Waals surface area contributed by atoms with E-state index in [1.54, 1.807) is 37.3 Å². The Morgan fingerprint density at radius 2 is 1.83 bits per heavy atom. The Balaban J connectivity index is 1.92. The molecule has 4 N–H and O–H groups in total. The molecule has 0 fully saturated rings. The quantitative estimate of drug-likeness (QED) is 0.630. The van der Waals surface area contributed by atoms with Crippen LogP contribution in [0.4, 0.5) is 4.39 Å². The van der Waals surface area contributed by atoms with Gasteiger partial charge in [-0.2, -0.15) is 0 Å². The van der Waals surface area contributed by atoms with Crippen LogP contribution < -0.4 is 5.32 Å². The van der Waals surface area contributed by atoms with Gasteiger partial charge in [0.05, 0.1) is 12.7 Å². The van der Waals surface area contributed by atoms with Crippen LogP contribution in [0.15, 0.2) is 42.5 Å². The second-order valence-corrected chi connectivity index (χ2v) is 5.68. The van der Waals surface area contributed by atoms with Gasteiger partial charge in [0.1, 0.15) is 11.6 Å². The molecule has 4 nitrogen and oxygen atoms in total. The molecule has 0 amide bonds. The van der Waals surface area contributed by atoms with Gasteiger partial charge < -0.3 is 20.6 Å². The maximum atomic E-state index is 13.1. The number of hydrogen-bond acceptors (Lipinski definition) is 4. The van der Waals surface area contributed by atoms with E-state index < -0.39 is 6.10 Å². The van der Waals surface area contributed by atoms with Gasteiger partial charge in [-0.3, -0.25) is 0 Å². The number of aromatic hydroxyl groups is 1. The number of aliphatic hydroxyl groups is 2. The molecule has 0 saturated carbocycles. The van der Waals surface area contributed by atoms with Crippen molar-refractivity contribution in [1.82, 2.24) is 5.32 Å². The normalized spacial score (nSPS) is 13.7. The zero-order chi connectivity index (χ0) is 16.8. The van der Waals surface area contributed by atoms with Gasteiger partial charge in [-0.15, -0.1) is 0 Å². The third kappa shape index (κ3) is 5.03. The fraction of sp³-hybridized carbons (Fsp3) is 0.333. The molecule has 0 aliphatic rings. The summed E-state index contributed by atoms with van der Waals surface area (Å²) in [4.78, 5) is 0. The van der Waals surface area contributed by atoms with E-state index in [9.17, 15) is 19.7 Å². The summed E-state index contributed by atoms with van der Waals surface area (Å²) in [7, 11) is 0.